The minimum atomic E-state index is -0.822. The molecule has 0 spiro atoms. The summed E-state index contributed by atoms with van der Waals surface area (Å²) in [6, 6.07) is 6.10. The van der Waals surface area contributed by atoms with Crippen LogP contribution in [0, 0.1) is 5.92 Å². The zero-order chi connectivity index (χ0) is 18.0. The summed E-state index contributed by atoms with van der Waals surface area (Å²) in [7, 11) is 0. The molecule has 1 aromatic carbocycles. The van der Waals surface area contributed by atoms with E-state index in [1.807, 2.05) is 0 Å². The second-order valence-electron chi connectivity index (χ2n) is 6.41. The number of Topliss-reactive ketones (excluding diaryl/α,β-unsaturated/α-hetero) is 1. The first kappa shape index (κ1) is 17.6. The van der Waals surface area contributed by atoms with Crippen LogP contribution >= 0.6 is 0 Å². The quantitative estimate of drug-likeness (QED) is 0.609. The van der Waals surface area contributed by atoms with Gasteiger partial charge in [-0.25, -0.2) is 5.32 Å². The Balaban J connectivity index is 1.67. The third kappa shape index (κ3) is 3.72. The summed E-state index contributed by atoms with van der Waals surface area (Å²) in [5.74, 6) is -1.28. The first-order valence-corrected chi connectivity index (χ1v) is 8.40. The van der Waals surface area contributed by atoms with Gasteiger partial charge in [0.25, 0.3) is 5.91 Å². The van der Waals surface area contributed by atoms with Crippen molar-refractivity contribution in [1.29, 1.82) is 0 Å². The SMILES string of the molecule is C[C@@H](O)[C@H]1C(=O)[N][C@@H]1CC(=O)c1cccc(C(=O)N2CCOCC2)c1. The molecule has 1 radical (unpaired) electrons. The molecule has 3 atom stereocenters. The Labute approximate surface area is 146 Å². The number of nitrogens with zero attached hydrogens (tertiary/aromatic N) is 2. The van der Waals surface area contributed by atoms with Crippen LogP contribution in [0.15, 0.2) is 24.3 Å². The molecule has 0 aromatic heterocycles. The number of benzene rings is 1. The number of aliphatic hydroxyl groups is 1. The van der Waals surface area contributed by atoms with Gasteiger partial charge in [-0.3, -0.25) is 14.4 Å². The first-order valence-electron chi connectivity index (χ1n) is 8.40. The van der Waals surface area contributed by atoms with Crippen LogP contribution in [0.1, 0.15) is 34.1 Å². The maximum atomic E-state index is 12.5. The minimum Gasteiger partial charge on any atom is -0.393 e. The normalized spacial score (nSPS) is 24.2. The van der Waals surface area contributed by atoms with Gasteiger partial charge in [-0.1, -0.05) is 12.1 Å². The van der Waals surface area contributed by atoms with Gasteiger partial charge in [0.15, 0.2) is 5.78 Å². The van der Waals surface area contributed by atoms with Crippen LogP contribution in [-0.2, 0) is 9.53 Å². The summed E-state index contributed by atoms with van der Waals surface area (Å²) in [6.07, 6.45) is -0.770. The Hall–Kier alpha value is -2.25. The Morgan fingerprint density at radius 3 is 2.64 bits per heavy atom. The third-order valence-electron chi connectivity index (χ3n) is 4.64. The Morgan fingerprint density at radius 1 is 1.32 bits per heavy atom. The smallest absolute Gasteiger partial charge is 0.254 e. The molecule has 133 valence electrons. The molecule has 25 heavy (non-hydrogen) atoms. The lowest BCUT2D eigenvalue weighted by Gasteiger charge is -2.35. The predicted octanol–water partition coefficient (Wildman–Crippen LogP) is 0.242. The summed E-state index contributed by atoms with van der Waals surface area (Å²) in [4.78, 5) is 38.1. The largest absolute Gasteiger partial charge is 0.393 e. The number of hydrogen-bond acceptors (Lipinski definition) is 5. The molecular formula is C18H21N2O5. The van der Waals surface area contributed by atoms with Gasteiger partial charge in [0.05, 0.1) is 31.3 Å². The summed E-state index contributed by atoms with van der Waals surface area (Å²) in [6.45, 7) is 3.63. The fraction of sp³-hybridized carbons (Fsp3) is 0.500. The molecule has 2 amide bonds. The summed E-state index contributed by atoms with van der Waals surface area (Å²) >= 11 is 0. The van der Waals surface area contributed by atoms with E-state index >= 15 is 0 Å². The molecule has 0 unspecified atom stereocenters. The predicted molar refractivity (Wildman–Crippen MR) is 88.2 cm³/mol. The van der Waals surface area contributed by atoms with Gasteiger partial charge in [-0.15, -0.1) is 0 Å². The summed E-state index contributed by atoms with van der Waals surface area (Å²) in [5, 5.41) is 13.4. The van der Waals surface area contributed by atoms with Crippen molar-refractivity contribution in [2.24, 2.45) is 5.92 Å². The number of morpholine rings is 1. The van der Waals surface area contributed by atoms with Gasteiger partial charge >= 0.3 is 0 Å². The number of ether oxygens (including phenoxy) is 1. The van der Waals surface area contributed by atoms with Crippen LogP contribution in [0.25, 0.3) is 0 Å². The van der Waals surface area contributed by atoms with E-state index in [0.717, 1.165) is 0 Å². The number of amides is 2. The molecule has 1 aromatic rings. The highest BCUT2D eigenvalue weighted by Crippen LogP contribution is 2.25. The number of ketones is 1. The fourth-order valence-electron chi connectivity index (χ4n) is 3.20. The molecule has 2 heterocycles. The molecule has 2 aliphatic heterocycles. The number of aliphatic hydroxyl groups excluding tert-OH is 1. The van der Waals surface area contributed by atoms with E-state index in [0.29, 0.717) is 37.4 Å². The molecule has 3 rings (SSSR count). The van der Waals surface area contributed by atoms with Gasteiger partial charge in [0.1, 0.15) is 0 Å². The Kier molecular flexibility index (Phi) is 5.15. The molecule has 7 heteroatoms. The zero-order valence-corrected chi connectivity index (χ0v) is 14.1. The van der Waals surface area contributed by atoms with E-state index in [2.05, 4.69) is 5.32 Å². The zero-order valence-electron chi connectivity index (χ0n) is 14.1. The lowest BCUT2D eigenvalue weighted by Crippen LogP contribution is -2.57. The van der Waals surface area contributed by atoms with Crippen LogP contribution < -0.4 is 5.32 Å². The Morgan fingerprint density at radius 2 is 2.00 bits per heavy atom. The van der Waals surface area contributed by atoms with E-state index in [-0.39, 0.29) is 24.0 Å². The average Bonchev–Trinajstić information content (AvgIpc) is 2.60. The van der Waals surface area contributed by atoms with Gasteiger partial charge in [-0.05, 0) is 19.1 Å². The number of carbonyl (C=O) groups excluding carboxylic acids is 3. The third-order valence-corrected chi connectivity index (χ3v) is 4.64. The first-order chi connectivity index (χ1) is 12.0. The molecular weight excluding hydrogens is 324 g/mol. The van der Waals surface area contributed by atoms with Crippen LogP contribution in [0.3, 0.4) is 0 Å². The van der Waals surface area contributed by atoms with Gasteiger partial charge in [-0.2, -0.15) is 0 Å². The van der Waals surface area contributed by atoms with Gasteiger partial charge in [0.2, 0.25) is 5.91 Å². The van der Waals surface area contributed by atoms with Gasteiger partial charge in [0, 0.05) is 30.6 Å². The number of carbonyl (C=O) groups is 3. The number of hydrogen-bond donors (Lipinski definition) is 1. The lowest BCUT2D eigenvalue weighted by molar-refractivity contribution is -0.140. The van der Waals surface area contributed by atoms with E-state index in [1.165, 1.54) is 6.92 Å². The van der Waals surface area contributed by atoms with Crippen molar-refractivity contribution in [3.05, 3.63) is 35.4 Å². The molecule has 1 N–H and O–H groups in total. The van der Waals surface area contributed by atoms with Crippen LogP contribution in [0.2, 0.25) is 0 Å². The van der Waals surface area contributed by atoms with Crippen LogP contribution in [0.5, 0.6) is 0 Å². The van der Waals surface area contributed by atoms with E-state index in [1.54, 1.807) is 29.2 Å². The van der Waals surface area contributed by atoms with E-state index in [9.17, 15) is 19.5 Å². The number of rotatable bonds is 5. The topological polar surface area (TPSA) is 98.0 Å². The monoisotopic (exact) mass is 345 g/mol. The molecule has 2 saturated heterocycles. The molecule has 2 aliphatic rings. The Bertz CT molecular complexity index is 682. The second kappa shape index (κ2) is 7.33. The molecule has 2 fully saturated rings. The summed E-state index contributed by atoms with van der Waals surface area (Å²) in [5.41, 5.74) is 0.874. The molecule has 0 aliphatic carbocycles. The van der Waals surface area contributed by atoms with Crippen LogP contribution in [0.4, 0.5) is 0 Å². The minimum absolute atomic E-state index is 0.0521. The maximum Gasteiger partial charge on any atom is 0.254 e. The average molecular weight is 345 g/mol. The van der Waals surface area contributed by atoms with Crippen LogP contribution in [-0.4, -0.2) is 66.1 Å². The van der Waals surface area contributed by atoms with Crippen molar-refractivity contribution in [2.45, 2.75) is 25.5 Å². The highest BCUT2D eigenvalue weighted by molar-refractivity contribution is 6.01. The molecule has 0 bridgehead atoms. The highest BCUT2D eigenvalue weighted by atomic mass is 16.5. The molecule has 0 saturated carbocycles. The molecule has 7 nitrogen and oxygen atoms in total. The fourth-order valence-corrected chi connectivity index (χ4v) is 3.20. The lowest BCUT2D eigenvalue weighted by atomic mass is 9.82. The summed E-state index contributed by atoms with van der Waals surface area (Å²) < 4.78 is 5.24. The van der Waals surface area contributed by atoms with E-state index < -0.39 is 18.1 Å². The van der Waals surface area contributed by atoms with Crippen molar-refractivity contribution in [1.82, 2.24) is 10.2 Å². The van der Waals surface area contributed by atoms with Crippen molar-refractivity contribution in [3.8, 4) is 0 Å². The number of β-lactam (4-membered cyclic amide) rings is 1. The maximum absolute atomic E-state index is 12.5. The van der Waals surface area contributed by atoms with Crippen molar-refractivity contribution >= 4 is 17.6 Å². The second-order valence-corrected chi connectivity index (χ2v) is 6.41. The van der Waals surface area contributed by atoms with Crippen molar-refractivity contribution < 1.29 is 24.2 Å². The van der Waals surface area contributed by atoms with Crippen molar-refractivity contribution in [2.75, 3.05) is 26.3 Å². The standard InChI is InChI=1S/C18H21N2O5/c1-11(21)16-14(19-17(16)23)10-15(22)12-3-2-4-13(9-12)18(24)20-5-7-25-8-6-20/h2-4,9,11,14,16,21H,5-8,10H2,1H3/t11-,14-,16-/m1/s1. The highest BCUT2D eigenvalue weighted by Gasteiger charge is 2.45. The van der Waals surface area contributed by atoms with Crippen molar-refractivity contribution in [3.63, 3.8) is 0 Å². The van der Waals surface area contributed by atoms with E-state index in [4.69, 9.17) is 4.74 Å². The van der Waals surface area contributed by atoms with Gasteiger partial charge < -0.3 is 14.7 Å².